The van der Waals surface area contributed by atoms with Crippen molar-refractivity contribution in [2.45, 2.75) is 6.54 Å². The molecule has 0 fully saturated rings. The first-order valence-electron chi connectivity index (χ1n) is 4.98. The lowest BCUT2D eigenvalue weighted by Gasteiger charge is -2.16. The number of rotatable bonds is 3. The Hall–Kier alpha value is -2.13. The molecule has 86 valence electrons. The van der Waals surface area contributed by atoms with Crippen molar-refractivity contribution < 1.29 is 0 Å². The Labute approximate surface area is 103 Å². The van der Waals surface area contributed by atoms with E-state index in [2.05, 4.69) is 15.4 Å². The number of pyridine rings is 1. The number of hydrogen-bond donors (Lipinski definition) is 1. The van der Waals surface area contributed by atoms with Crippen LogP contribution in [0.15, 0.2) is 24.4 Å². The van der Waals surface area contributed by atoms with Crippen molar-refractivity contribution in [3.05, 3.63) is 35.7 Å². The predicted molar refractivity (Wildman–Crippen MR) is 67.6 cm³/mol. The smallest absolute Gasteiger partial charge is 0.157 e. The molecular formula is C11H11N5S. The predicted octanol–water partition coefficient (Wildman–Crippen LogP) is 1.63. The van der Waals surface area contributed by atoms with Crippen LogP contribution in [0.25, 0.3) is 0 Å². The first-order chi connectivity index (χ1) is 8.22. The zero-order chi connectivity index (χ0) is 12.3. The SMILES string of the molecule is CN(Cc1ccccn1)c1snc(N)c1C#N. The summed E-state index contributed by atoms with van der Waals surface area (Å²) in [5.74, 6) is 0.292. The van der Waals surface area contributed by atoms with Crippen LogP contribution >= 0.6 is 11.5 Å². The summed E-state index contributed by atoms with van der Waals surface area (Å²) in [6.45, 7) is 0.622. The minimum absolute atomic E-state index is 0.292. The van der Waals surface area contributed by atoms with Crippen LogP contribution in [0.3, 0.4) is 0 Å². The molecule has 17 heavy (non-hydrogen) atoms. The van der Waals surface area contributed by atoms with Gasteiger partial charge in [0.05, 0.1) is 12.2 Å². The molecule has 2 heterocycles. The van der Waals surface area contributed by atoms with E-state index in [1.54, 1.807) is 6.20 Å². The summed E-state index contributed by atoms with van der Waals surface area (Å²) in [4.78, 5) is 6.16. The van der Waals surface area contributed by atoms with Gasteiger partial charge in [-0.1, -0.05) is 6.07 Å². The van der Waals surface area contributed by atoms with Gasteiger partial charge in [-0.3, -0.25) is 4.98 Å². The maximum atomic E-state index is 9.00. The molecule has 0 spiro atoms. The highest BCUT2D eigenvalue weighted by Crippen LogP contribution is 2.29. The van der Waals surface area contributed by atoms with Gasteiger partial charge >= 0.3 is 0 Å². The summed E-state index contributed by atoms with van der Waals surface area (Å²) < 4.78 is 3.98. The van der Waals surface area contributed by atoms with Crippen LogP contribution in [0.1, 0.15) is 11.3 Å². The fraction of sp³-hybridized carbons (Fsp3) is 0.182. The van der Waals surface area contributed by atoms with Crippen LogP contribution in [0.4, 0.5) is 10.8 Å². The molecule has 0 aliphatic rings. The number of nitriles is 1. The molecule has 0 radical (unpaired) electrons. The number of anilines is 2. The maximum absolute atomic E-state index is 9.00. The summed E-state index contributed by atoms with van der Waals surface area (Å²) in [6, 6.07) is 7.81. The molecular weight excluding hydrogens is 234 g/mol. The first-order valence-corrected chi connectivity index (χ1v) is 5.76. The zero-order valence-electron chi connectivity index (χ0n) is 9.29. The second kappa shape index (κ2) is 4.80. The van der Waals surface area contributed by atoms with Crippen LogP contribution in [0.2, 0.25) is 0 Å². The van der Waals surface area contributed by atoms with E-state index >= 15 is 0 Å². The normalized spacial score (nSPS) is 9.88. The lowest BCUT2D eigenvalue weighted by Crippen LogP contribution is -2.16. The lowest BCUT2D eigenvalue weighted by atomic mass is 10.3. The molecule has 0 aromatic carbocycles. The number of nitrogen functional groups attached to an aromatic ring is 1. The summed E-state index contributed by atoms with van der Waals surface area (Å²) in [5, 5.41) is 9.77. The maximum Gasteiger partial charge on any atom is 0.157 e. The third-order valence-corrected chi connectivity index (χ3v) is 3.26. The molecule has 0 aliphatic carbocycles. The second-order valence-corrected chi connectivity index (χ2v) is 4.29. The van der Waals surface area contributed by atoms with Gasteiger partial charge in [-0.25, -0.2) is 0 Å². The average Bonchev–Trinajstić information content (AvgIpc) is 2.71. The lowest BCUT2D eigenvalue weighted by molar-refractivity contribution is 0.893. The molecule has 5 nitrogen and oxygen atoms in total. The summed E-state index contributed by atoms with van der Waals surface area (Å²) in [5.41, 5.74) is 6.99. The largest absolute Gasteiger partial charge is 0.382 e. The molecule has 2 aromatic rings. The molecule has 0 aliphatic heterocycles. The van der Waals surface area contributed by atoms with Gasteiger partial charge in [0.2, 0.25) is 0 Å². The van der Waals surface area contributed by atoms with Gasteiger partial charge in [0.15, 0.2) is 5.82 Å². The van der Waals surface area contributed by atoms with Gasteiger partial charge in [0.25, 0.3) is 0 Å². The quantitative estimate of drug-likeness (QED) is 0.889. The van der Waals surface area contributed by atoms with E-state index in [0.29, 0.717) is 17.9 Å². The van der Waals surface area contributed by atoms with Crippen molar-refractivity contribution in [3.8, 4) is 6.07 Å². The van der Waals surface area contributed by atoms with Crippen LogP contribution in [0.5, 0.6) is 0 Å². The van der Waals surface area contributed by atoms with E-state index < -0.39 is 0 Å². The highest BCUT2D eigenvalue weighted by atomic mass is 32.1. The summed E-state index contributed by atoms with van der Waals surface area (Å²) in [7, 11) is 1.89. The molecule has 2 rings (SSSR count). The van der Waals surface area contributed by atoms with E-state index in [4.69, 9.17) is 11.0 Å². The fourth-order valence-electron chi connectivity index (χ4n) is 1.47. The Balaban J connectivity index is 2.21. The van der Waals surface area contributed by atoms with Crippen molar-refractivity contribution in [1.29, 1.82) is 5.26 Å². The standard InChI is InChI=1S/C11H11N5S/c1-16(7-8-4-2-3-5-14-8)11-9(6-12)10(13)15-17-11/h2-5H,7H2,1H3,(H2,13,15). The molecule has 0 saturated heterocycles. The fourth-order valence-corrected chi connectivity index (χ4v) is 2.19. The Morgan fingerprint density at radius 3 is 3.00 bits per heavy atom. The molecule has 0 amide bonds. The van der Waals surface area contributed by atoms with E-state index in [1.807, 2.05) is 30.1 Å². The molecule has 2 aromatic heterocycles. The Bertz CT molecular complexity index is 543. The van der Waals surface area contributed by atoms with Gasteiger partial charge < -0.3 is 10.6 Å². The van der Waals surface area contributed by atoms with Crippen LogP contribution < -0.4 is 10.6 Å². The van der Waals surface area contributed by atoms with Gasteiger partial charge in [0, 0.05) is 13.2 Å². The van der Waals surface area contributed by atoms with Crippen molar-refractivity contribution in [3.63, 3.8) is 0 Å². The van der Waals surface area contributed by atoms with Crippen molar-refractivity contribution in [1.82, 2.24) is 9.36 Å². The van der Waals surface area contributed by atoms with Gasteiger partial charge in [-0.15, -0.1) is 0 Å². The highest BCUT2D eigenvalue weighted by Gasteiger charge is 2.15. The van der Waals surface area contributed by atoms with E-state index in [9.17, 15) is 0 Å². The first kappa shape index (κ1) is 11.4. The van der Waals surface area contributed by atoms with Gasteiger partial charge in [-0.05, 0) is 23.7 Å². The third-order valence-electron chi connectivity index (χ3n) is 2.28. The molecule has 0 bridgehead atoms. The number of aromatic nitrogens is 2. The third kappa shape index (κ3) is 2.34. The highest BCUT2D eigenvalue weighted by molar-refractivity contribution is 7.10. The van der Waals surface area contributed by atoms with Crippen LogP contribution in [-0.4, -0.2) is 16.4 Å². The topological polar surface area (TPSA) is 78.8 Å². The monoisotopic (exact) mass is 245 g/mol. The Kier molecular flexibility index (Phi) is 3.21. The second-order valence-electron chi connectivity index (χ2n) is 3.54. The molecule has 6 heteroatoms. The van der Waals surface area contributed by atoms with E-state index in [-0.39, 0.29) is 0 Å². The van der Waals surface area contributed by atoms with Crippen molar-refractivity contribution >= 4 is 22.4 Å². The van der Waals surface area contributed by atoms with Crippen molar-refractivity contribution in [2.24, 2.45) is 0 Å². The number of nitrogens with zero attached hydrogens (tertiary/aromatic N) is 4. The van der Waals surface area contributed by atoms with Gasteiger partial charge in [0.1, 0.15) is 16.6 Å². The molecule has 0 atom stereocenters. The number of nitrogens with two attached hydrogens (primary N) is 1. The number of hydrogen-bond acceptors (Lipinski definition) is 6. The summed E-state index contributed by atoms with van der Waals surface area (Å²) >= 11 is 1.23. The Morgan fingerprint density at radius 2 is 2.35 bits per heavy atom. The van der Waals surface area contributed by atoms with Crippen LogP contribution in [0, 0.1) is 11.3 Å². The Morgan fingerprint density at radius 1 is 1.53 bits per heavy atom. The van der Waals surface area contributed by atoms with E-state index in [1.165, 1.54) is 11.5 Å². The zero-order valence-corrected chi connectivity index (χ0v) is 10.1. The van der Waals surface area contributed by atoms with Crippen LogP contribution in [-0.2, 0) is 6.54 Å². The molecule has 0 unspecified atom stereocenters. The molecule has 2 N–H and O–H groups in total. The minimum Gasteiger partial charge on any atom is -0.382 e. The summed E-state index contributed by atoms with van der Waals surface area (Å²) in [6.07, 6.45) is 1.75. The van der Waals surface area contributed by atoms with Crippen molar-refractivity contribution in [2.75, 3.05) is 17.7 Å². The van der Waals surface area contributed by atoms with E-state index in [0.717, 1.165) is 10.7 Å². The molecule has 0 saturated carbocycles. The van der Waals surface area contributed by atoms with Gasteiger partial charge in [-0.2, -0.15) is 9.64 Å². The minimum atomic E-state index is 0.292. The average molecular weight is 245 g/mol.